The molecule has 0 saturated heterocycles. The molecule has 2 aromatic rings. The number of ether oxygens (including phenoxy) is 2. The third-order valence-corrected chi connectivity index (χ3v) is 5.00. The summed E-state index contributed by atoms with van der Waals surface area (Å²) in [4.78, 5) is 28.7. The molecule has 0 radical (unpaired) electrons. The van der Waals surface area contributed by atoms with Crippen LogP contribution in [0.4, 0.5) is 5.69 Å². The molecule has 0 spiro atoms. The Morgan fingerprint density at radius 3 is 2.56 bits per heavy atom. The predicted molar refractivity (Wildman–Crippen MR) is 97.6 cm³/mol. The highest BCUT2D eigenvalue weighted by Crippen LogP contribution is 2.27. The van der Waals surface area contributed by atoms with Crippen molar-refractivity contribution >= 4 is 28.9 Å². The van der Waals surface area contributed by atoms with Crippen LogP contribution in [0, 0.1) is 13.8 Å². The molecule has 0 aliphatic rings. The molecule has 0 atom stereocenters. The van der Waals surface area contributed by atoms with Gasteiger partial charge < -0.3 is 14.8 Å². The first kappa shape index (κ1) is 18.9. The number of anilines is 1. The van der Waals surface area contributed by atoms with Gasteiger partial charge in [-0.3, -0.25) is 4.79 Å². The van der Waals surface area contributed by atoms with E-state index in [-0.39, 0.29) is 12.5 Å². The number of rotatable bonds is 6. The van der Waals surface area contributed by atoms with Crippen molar-refractivity contribution in [3.63, 3.8) is 0 Å². The van der Waals surface area contributed by atoms with Crippen LogP contribution in [-0.4, -0.2) is 30.6 Å². The summed E-state index contributed by atoms with van der Waals surface area (Å²) in [6, 6.07) is 5.21. The summed E-state index contributed by atoms with van der Waals surface area (Å²) >= 11 is 1.42. The van der Waals surface area contributed by atoms with Crippen molar-refractivity contribution in [2.75, 3.05) is 19.0 Å². The number of esters is 1. The Morgan fingerprint density at radius 1 is 1.28 bits per heavy atom. The number of benzene rings is 1. The summed E-state index contributed by atoms with van der Waals surface area (Å²) in [7, 11) is 1.31. The second-order valence-corrected chi connectivity index (χ2v) is 6.95. The fraction of sp³-hybridized carbons (Fsp3) is 0.389. The molecular formula is C18H22N2O4S. The minimum Gasteiger partial charge on any atom is -0.482 e. The van der Waals surface area contributed by atoms with Crippen LogP contribution in [0.3, 0.4) is 0 Å². The Hall–Kier alpha value is -2.41. The predicted octanol–water partition coefficient (Wildman–Crippen LogP) is 3.69. The highest BCUT2D eigenvalue weighted by atomic mass is 32.1. The monoisotopic (exact) mass is 362 g/mol. The molecule has 1 N–H and O–H groups in total. The van der Waals surface area contributed by atoms with Crippen molar-refractivity contribution in [3.05, 3.63) is 39.3 Å². The van der Waals surface area contributed by atoms with Crippen LogP contribution in [0.2, 0.25) is 0 Å². The molecule has 1 amide bonds. The number of aromatic nitrogens is 1. The van der Waals surface area contributed by atoms with Gasteiger partial charge in [-0.2, -0.15) is 0 Å². The first-order chi connectivity index (χ1) is 11.8. The van der Waals surface area contributed by atoms with Crippen LogP contribution in [0.5, 0.6) is 5.75 Å². The lowest BCUT2D eigenvalue weighted by atomic mass is 10.2. The van der Waals surface area contributed by atoms with Gasteiger partial charge in [0, 0.05) is 11.6 Å². The number of amides is 1. The quantitative estimate of drug-likeness (QED) is 0.793. The number of carbonyl (C=O) groups excluding carboxylic acids is 2. The van der Waals surface area contributed by atoms with E-state index in [0.717, 1.165) is 16.3 Å². The van der Waals surface area contributed by atoms with Crippen molar-refractivity contribution in [1.29, 1.82) is 0 Å². The molecule has 0 bridgehead atoms. The second kappa shape index (κ2) is 8.11. The molecule has 7 heteroatoms. The normalized spacial score (nSPS) is 10.6. The third-order valence-electron chi connectivity index (χ3n) is 3.54. The van der Waals surface area contributed by atoms with E-state index in [1.54, 1.807) is 18.2 Å². The number of methoxy groups -OCH3 is 1. The van der Waals surface area contributed by atoms with Gasteiger partial charge in [0.1, 0.15) is 10.6 Å². The van der Waals surface area contributed by atoms with Crippen molar-refractivity contribution in [3.8, 4) is 5.75 Å². The molecule has 1 aromatic carbocycles. The maximum atomic E-state index is 12.5. The number of hydrogen-bond acceptors (Lipinski definition) is 6. The largest absolute Gasteiger partial charge is 0.482 e. The van der Waals surface area contributed by atoms with Gasteiger partial charge in [-0.15, -0.1) is 11.3 Å². The van der Waals surface area contributed by atoms with Crippen LogP contribution in [0.1, 0.15) is 45.7 Å². The van der Waals surface area contributed by atoms with E-state index >= 15 is 0 Å². The van der Waals surface area contributed by atoms with Gasteiger partial charge in [0.05, 0.1) is 17.8 Å². The van der Waals surface area contributed by atoms with Crippen molar-refractivity contribution in [2.24, 2.45) is 0 Å². The van der Waals surface area contributed by atoms with Crippen LogP contribution in [0.15, 0.2) is 18.2 Å². The maximum absolute atomic E-state index is 12.5. The summed E-state index contributed by atoms with van der Waals surface area (Å²) in [5.41, 5.74) is 2.26. The lowest BCUT2D eigenvalue weighted by Crippen LogP contribution is -2.14. The van der Waals surface area contributed by atoms with E-state index < -0.39 is 5.97 Å². The van der Waals surface area contributed by atoms with Crippen LogP contribution < -0.4 is 10.1 Å². The van der Waals surface area contributed by atoms with Crippen LogP contribution in [-0.2, 0) is 9.53 Å². The smallest absolute Gasteiger partial charge is 0.343 e. The van der Waals surface area contributed by atoms with Crippen molar-refractivity contribution < 1.29 is 19.1 Å². The Balaban J connectivity index is 2.09. The van der Waals surface area contributed by atoms with Crippen molar-refractivity contribution in [1.82, 2.24) is 4.98 Å². The van der Waals surface area contributed by atoms with Gasteiger partial charge in [-0.05, 0) is 37.6 Å². The lowest BCUT2D eigenvalue weighted by molar-refractivity contribution is -0.142. The molecule has 0 fully saturated rings. The highest BCUT2D eigenvalue weighted by molar-refractivity contribution is 7.14. The first-order valence-electron chi connectivity index (χ1n) is 7.90. The van der Waals surface area contributed by atoms with Crippen molar-refractivity contribution in [2.45, 2.75) is 33.6 Å². The summed E-state index contributed by atoms with van der Waals surface area (Å²) in [6.07, 6.45) is 0. The van der Waals surface area contributed by atoms with E-state index in [1.807, 2.05) is 13.8 Å². The number of nitrogens with zero attached hydrogens (tertiary/aromatic N) is 1. The fourth-order valence-corrected chi connectivity index (χ4v) is 3.09. The van der Waals surface area contributed by atoms with E-state index in [2.05, 4.69) is 28.9 Å². The SMILES string of the molecule is COC(=O)COc1ccc(NC(=O)c2sc(C(C)C)nc2C)c(C)c1. The number of thiazole rings is 1. The molecule has 0 aliphatic heterocycles. The molecule has 6 nitrogen and oxygen atoms in total. The van der Waals surface area contributed by atoms with Gasteiger partial charge in [-0.25, -0.2) is 9.78 Å². The zero-order chi connectivity index (χ0) is 18.6. The summed E-state index contributed by atoms with van der Waals surface area (Å²) in [5.74, 6) is 0.208. The Kier molecular flexibility index (Phi) is 6.14. The molecule has 134 valence electrons. The minimum absolute atomic E-state index is 0.153. The van der Waals surface area contributed by atoms with E-state index in [4.69, 9.17) is 4.74 Å². The average molecular weight is 362 g/mol. The molecule has 2 rings (SSSR count). The van der Waals surface area contributed by atoms with Gasteiger partial charge >= 0.3 is 5.97 Å². The summed E-state index contributed by atoms with van der Waals surface area (Å²) < 4.78 is 9.87. The Labute approximate surface area is 151 Å². The van der Waals surface area contributed by atoms with E-state index in [9.17, 15) is 9.59 Å². The Morgan fingerprint density at radius 2 is 2.00 bits per heavy atom. The van der Waals surface area contributed by atoms with E-state index in [0.29, 0.717) is 22.2 Å². The molecule has 25 heavy (non-hydrogen) atoms. The standard InChI is InChI=1S/C18H22N2O4S/c1-10(2)18-19-12(4)16(25-18)17(22)20-14-7-6-13(8-11(14)3)24-9-15(21)23-5/h6-8,10H,9H2,1-5H3,(H,20,22). The zero-order valence-corrected chi connectivity index (χ0v) is 15.8. The highest BCUT2D eigenvalue weighted by Gasteiger charge is 2.17. The molecule has 0 saturated carbocycles. The summed E-state index contributed by atoms with van der Waals surface area (Å²) in [6.45, 7) is 7.65. The summed E-state index contributed by atoms with van der Waals surface area (Å²) in [5, 5.41) is 3.86. The van der Waals surface area contributed by atoms with E-state index in [1.165, 1.54) is 18.4 Å². The Bertz CT molecular complexity index is 783. The average Bonchev–Trinajstić information content (AvgIpc) is 2.97. The minimum atomic E-state index is -0.448. The topological polar surface area (TPSA) is 77.5 Å². The zero-order valence-electron chi connectivity index (χ0n) is 15.0. The van der Waals surface area contributed by atoms with Gasteiger partial charge in [0.15, 0.2) is 6.61 Å². The van der Waals surface area contributed by atoms with Crippen LogP contribution >= 0.6 is 11.3 Å². The number of nitrogens with one attached hydrogen (secondary N) is 1. The second-order valence-electron chi connectivity index (χ2n) is 5.92. The molecular weight excluding hydrogens is 340 g/mol. The molecule has 0 unspecified atom stereocenters. The van der Waals surface area contributed by atoms with Gasteiger partial charge in [-0.1, -0.05) is 13.8 Å². The maximum Gasteiger partial charge on any atom is 0.343 e. The number of hydrogen-bond donors (Lipinski definition) is 1. The molecule has 0 aliphatic carbocycles. The number of aryl methyl sites for hydroxylation is 2. The molecule has 1 heterocycles. The first-order valence-corrected chi connectivity index (χ1v) is 8.72. The molecule has 1 aromatic heterocycles. The fourth-order valence-electron chi connectivity index (χ4n) is 2.12. The third kappa shape index (κ3) is 4.79. The van der Waals surface area contributed by atoms with Crippen LogP contribution in [0.25, 0.3) is 0 Å². The van der Waals surface area contributed by atoms with Gasteiger partial charge in [0.25, 0.3) is 5.91 Å². The number of carbonyl (C=O) groups is 2. The van der Waals surface area contributed by atoms with Gasteiger partial charge in [0.2, 0.25) is 0 Å². The lowest BCUT2D eigenvalue weighted by Gasteiger charge is -2.10.